The molecule has 15 heavy (non-hydrogen) atoms. The van der Waals surface area contributed by atoms with Crippen molar-refractivity contribution < 1.29 is 16.8 Å². The van der Waals surface area contributed by atoms with Crippen molar-refractivity contribution in [1.29, 1.82) is 0 Å². The Labute approximate surface area is 87.9 Å². The Balaban J connectivity index is 2.79. The fourth-order valence-corrected chi connectivity index (χ4v) is 1.85. The second-order valence-corrected chi connectivity index (χ2v) is 6.94. The zero-order valence-corrected chi connectivity index (χ0v) is 9.62. The molecular weight excluding hydrogens is 242 g/mol. The van der Waals surface area contributed by atoms with Gasteiger partial charge in [-0.05, 0) is 0 Å². The number of nitrogens with two attached hydrogens (primary N) is 1. The Morgan fingerprint density at radius 2 is 2.00 bits per heavy atom. The van der Waals surface area contributed by atoms with E-state index in [1.165, 1.54) is 10.9 Å². The first-order valence-electron chi connectivity index (χ1n) is 3.91. The first-order chi connectivity index (χ1) is 6.68. The van der Waals surface area contributed by atoms with Gasteiger partial charge in [0.05, 0.1) is 18.5 Å². The summed E-state index contributed by atoms with van der Waals surface area (Å²) in [6.45, 7) is 0.106. The van der Waals surface area contributed by atoms with Crippen molar-refractivity contribution >= 4 is 19.9 Å². The third-order valence-electron chi connectivity index (χ3n) is 1.63. The van der Waals surface area contributed by atoms with Crippen LogP contribution >= 0.6 is 0 Å². The van der Waals surface area contributed by atoms with Gasteiger partial charge in [0.2, 0.25) is 10.0 Å². The smallest absolute Gasteiger partial charge is 0.241 e. The number of sulfonamides is 1. The van der Waals surface area contributed by atoms with Crippen LogP contribution in [0.15, 0.2) is 17.3 Å². The summed E-state index contributed by atoms with van der Waals surface area (Å²) in [5.74, 6) is -0.0985. The summed E-state index contributed by atoms with van der Waals surface area (Å²) >= 11 is 0. The van der Waals surface area contributed by atoms with Crippen LogP contribution in [0.2, 0.25) is 0 Å². The van der Waals surface area contributed by atoms with Crippen molar-refractivity contribution in [2.75, 3.05) is 12.0 Å². The highest BCUT2D eigenvalue weighted by atomic mass is 32.2. The zero-order chi connectivity index (χ0) is 11.7. The van der Waals surface area contributed by atoms with Crippen molar-refractivity contribution in [1.82, 2.24) is 9.78 Å². The molecule has 0 unspecified atom stereocenters. The fourth-order valence-electron chi connectivity index (χ4n) is 0.873. The molecule has 0 aliphatic heterocycles. The molecule has 1 aromatic heterocycles. The molecule has 1 aromatic rings. The molecule has 7 nitrogen and oxygen atoms in total. The monoisotopic (exact) mass is 253 g/mol. The number of sulfone groups is 1. The fraction of sp³-hybridized carbons (Fsp3) is 0.500. The van der Waals surface area contributed by atoms with Crippen LogP contribution in [-0.2, 0) is 26.4 Å². The topological polar surface area (TPSA) is 112 Å². The van der Waals surface area contributed by atoms with Gasteiger partial charge in [0.1, 0.15) is 14.7 Å². The Bertz CT molecular complexity index is 543. The van der Waals surface area contributed by atoms with E-state index in [4.69, 9.17) is 5.14 Å². The van der Waals surface area contributed by atoms with E-state index in [0.717, 1.165) is 12.5 Å². The predicted molar refractivity (Wildman–Crippen MR) is 53.3 cm³/mol. The summed E-state index contributed by atoms with van der Waals surface area (Å²) < 4.78 is 44.6. The van der Waals surface area contributed by atoms with Crippen LogP contribution in [0.4, 0.5) is 0 Å². The van der Waals surface area contributed by atoms with Crippen molar-refractivity contribution in [2.24, 2.45) is 5.14 Å². The molecule has 86 valence electrons. The van der Waals surface area contributed by atoms with Crippen LogP contribution in [0.5, 0.6) is 0 Å². The highest BCUT2D eigenvalue weighted by Gasteiger charge is 2.11. The maximum Gasteiger partial charge on any atom is 0.241 e. The predicted octanol–water partition coefficient (Wildman–Crippen LogP) is -1.42. The Morgan fingerprint density at radius 1 is 1.40 bits per heavy atom. The van der Waals surface area contributed by atoms with Gasteiger partial charge >= 0.3 is 0 Å². The van der Waals surface area contributed by atoms with Gasteiger partial charge in [-0.3, -0.25) is 4.68 Å². The summed E-state index contributed by atoms with van der Waals surface area (Å²) in [4.78, 5) is -0.129. The molecule has 0 aromatic carbocycles. The van der Waals surface area contributed by atoms with E-state index in [-0.39, 0.29) is 17.2 Å². The molecule has 0 spiro atoms. The van der Waals surface area contributed by atoms with E-state index in [1.54, 1.807) is 0 Å². The molecule has 0 radical (unpaired) electrons. The minimum absolute atomic E-state index is 0.0985. The van der Waals surface area contributed by atoms with E-state index < -0.39 is 19.9 Å². The normalized spacial score (nSPS) is 12.9. The SMILES string of the molecule is CS(=O)(=O)CCn1cc(S(N)(=O)=O)cn1. The molecule has 1 rings (SSSR count). The van der Waals surface area contributed by atoms with Gasteiger partial charge in [-0.15, -0.1) is 0 Å². The van der Waals surface area contributed by atoms with Crippen LogP contribution in [0.25, 0.3) is 0 Å². The summed E-state index contributed by atoms with van der Waals surface area (Å²) in [5.41, 5.74) is 0. The number of nitrogens with zero attached hydrogens (tertiary/aromatic N) is 2. The van der Waals surface area contributed by atoms with Crippen molar-refractivity contribution in [3.05, 3.63) is 12.4 Å². The lowest BCUT2D eigenvalue weighted by atomic mass is 10.7. The second kappa shape index (κ2) is 3.91. The molecule has 0 aliphatic carbocycles. The van der Waals surface area contributed by atoms with Crippen LogP contribution in [-0.4, -0.2) is 38.6 Å². The molecule has 0 saturated carbocycles. The summed E-state index contributed by atoms with van der Waals surface area (Å²) in [6.07, 6.45) is 3.37. The van der Waals surface area contributed by atoms with Gasteiger partial charge in [-0.25, -0.2) is 22.0 Å². The standard InChI is InChI=1S/C6H11N3O4S2/c1-14(10,11)3-2-9-5-6(4-8-9)15(7,12)13/h4-5H,2-3H2,1H3,(H2,7,12,13). The van der Waals surface area contributed by atoms with Gasteiger partial charge in [-0.1, -0.05) is 0 Å². The maximum absolute atomic E-state index is 10.9. The van der Waals surface area contributed by atoms with E-state index in [1.807, 2.05) is 0 Å². The van der Waals surface area contributed by atoms with Gasteiger partial charge in [0.15, 0.2) is 0 Å². The number of hydrogen-bond acceptors (Lipinski definition) is 5. The minimum Gasteiger partial charge on any atom is -0.270 e. The average Bonchev–Trinajstić information content (AvgIpc) is 2.45. The van der Waals surface area contributed by atoms with Gasteiger partial charge in [0, 0.05) is 12.5 Å². The number of hydrogen-bond donors (Lipinski definition) is 1. The van der Waals surface area contributed by atoms with Crippen LogP contribution < -0.4 is 5.14 Å². The lowest BCUT2D eigenvalue weighted by molar-refractivity contribution is 0.585. The first kappa shape index (κ1) is 12.1. The summed E-state index contributed by atoms with van der Waals surface area (Å²) in [5, 5.41) is 8.53. The van der Waals surface area contributed by atoms with Crippen LogP contribution in [0.3, 0.4) is 0 Å². The highest BCUT2D eigenvalue weighted by Crippen LogP contribution is 2.03. The van der Waals surface area contributed by atoms with Crippen LogP contribution in [0.1, 0.15) is 0 Å². The number of aromatic nitrogens is 2. The Kier molecular flexibility index (Phi) is 3.16. The quantitative estimate of drug-likeness (QED) is 0.707. The molecule has 0 fully saturated rings. The van der Waals surface area contributed by atoms with E-state index >= 15 is 0 Å². The second-order valence-electron chi connectivity index (χ2n) is 3.11. The number of primary sulfonamides is 1. The maximum atomic E-state index is 10.9. The number of rotatable bonds is 4. The summed E-state index contributed by atoms with van der Waals surface area (Å²) in [7, 11) is -6.86. The van der Waals surface area contributed by atoms with Crippen LogP contribution in [0, 0.1) is 0 Å². The van der Waals surface area contributed by atoms with Crippen molar-refractivity contribution in [3.8, 4) is 0 Å². The van der Waals surface area contributed by atoms with E-state index in [0.29, 0.717) is 0 Å². The largest absolute Gasteiger partial charge is 0.270 e. The molecule has 9 heteroatoms. The molecule has 0 amide bonds. The van der Waals surface area contributed by atoms with Crippen molar-refractivity contribution in [2.45, 2.75) is 11.4 Å². The minimum atomic E-state index is -3.77. The lowest BCUT2D eigenvalue weighted by Gasteiger charge is -1.98. The third-order valence-corrected chi connectivity index (χ3v) is 3.42. The Hall–Kier alpha value is -0.930. The molecule has 0 saturated heterocycles. The highest BCUT2D eigenvalue weighted by molar-refractivity contribution is 7.90. The van der Waals surface area contributed by atoms with Gasteiger partial charge < -0.3 is 0 Å². The molecule has 0 atom stereocenters. The lowest BCUT2D eigenvalue weighted by Crippen LogP contribution is -2.12. The van der Waals surface area contributed by atoms with Gasteiger partial charge in [0.25, 0.3) is 0 Å². The first-order valence-corrected chi connectivity index (χ1v) is 7.52. The third kappa shape index (κ3) is 3.98. The number of aryl methyl sites for hydroxylation is 1. The molecule has 0 bridgehead atoms. The molecule has 1 heterocycles. The molecular formula is C6H11N3O4S2. The van der Waals surface area contributed by atoms with E-state index in [9.17, 15) is 16.8 Å². The molecule has 0 aliphatic rings. The van der Waals surface area contributed by atoms with Gasteiger partial charge in [-0.2, -0.15) is 5.10 Å². The summed E-state index contributed by atoms with van der Waals surface area (Å²) in [6, 6.07) is 0. The van der Waals surface area contributed by atoms with Crippen molar-refractivity contribution in [3.63, 3.8) is 0 Å². The van der Waals surface area contributed by atoms with E-state index in [2.05, 4.69) is 5.10 Å². The average molecular weight is 253 g/mol. The molecule has 2 N–H and O–H groups in total. The Morgan fingerprint density at radius 3 is 2.40 bits per heavy atom. The zero-order valence-electron chi connectivity index (χ0n) is 7.99.